The lowest BCUT2D eigenvalue weighted by Gasteiger charge is -2.19. The zero-order chi connectivity index (χ0) is 18.0. The van der Waals surface area contributed by atoms with Gasteiger partial charge in [-0.25, -0.2) is 0 Å². The number of carbonyl (C=O) groups excluding carboxylic acids is 2. The first-order valence-corrected chi connectivity index (χ1v) is 8.76. The molecule has 0 atom stereocenters. The van der Waals surface area contributed by atoms with Crippen molar-refractivity contribution < 1.29 is 14.3 Å². The monoisotopic (exact) mass is 353 g/mol. The molecule has 128 valence electrons. The van der Waals surface area contributed by atoms with Gasteiger partial charge < -0.3 is 4.74 Å². The highest BCUT2D eigenvalue weighted by molar-refractivity contribution is 8.18. The van der Waals surface area contributed by atoms with Gasteiger partial charge in [0.15, 0.2) is 0 Å². The van der Waals surface area contributed by atoms with Crippen molar-refractivity contribution in [3.05, 3.63) is 64.6 Å². The molecule has 0 radical (unpaired) electrons. The minimum atomic E-state index is -0.362. The molecular formula is C20H19NO3S. The molecule has 0 aromatic heterocycles. The van der Waals surface area contributed by atoms with Crippen molar-refractivity contribution in [1.29, 1.82) is 0 Å². The fourth-order valence-corrected chi connectivity index (χ4v) is 3.08. The summed E-state index contributed by atoms with van der Waals surface area (Å²) in [7, 11) is 0. The molecule has 1 saturated heterocycles. The van der Waals surface area contributed by atoms with E-state index < -0.39 is 0 Å². The van der Waals surface area contributed by atoms with Crippen LogP contribution in [0.1, 0.15) is 31.9 Å². The second-order valence-corrected chi connectivity index (χ2v) is 7.82. The van der Waals surface area contributed by atoms with E-state index in [0.717, 1.165) is 23.1 Å². The number of nitrogens with one attached hydrogen (secondary N) is 1. The Morgan fingerprint density at radius 2 is 1.72 bits per heavy atom. The van der Waals surface area contributed by atoms with Gasteiger partial charge in [-0.05, 0) is 58.6 Å². The van der Waals surface area contributed by atoms with Crippen LogP contribution in [0.3, 0.4) is 0 Å². The lowest BCUT2D eigenvalue weighted by Crippen LogP contribution is -2.17. The quantitative estimate of drug-likeness (QED) is 0.780. The SMILES string of the molecule is CC(C)(C)c1ccc(Oc2cccc(/C=C3/SC(=O)NC3=O)c2)cc1. The number of ether oxygens (including phenoxy) is 1. The highest BCUT2D eigenvalue weighted by Crippen LogP contribution is 2.29. The molecule has 0 unspecified atom stereocenters. The molecule has 4 nitrogen and oxygen atoms in total. The van der Waals surface area contributed by atoms with Crippen LogP contribution in [0.25, 0.3) is 6.08 Å². The molecule has 1 aliphatic heterocycles. The number of rotatable bonds is 3. The summed E-state index contributed by atoms with van der Waals surface area (Å²) in [6.45, 7) is 6.51. The van der Waals surface area contributed by atoms with Gasteiger partial charge in [-0.3, -0.25) is 14.9 Å². The van der Waals surface area contributed by atoms with E-state index in [1.165, 1.54) is 5.56 Å². The number of amides is 2. The third-order valence-corrected chi connectivity index (χ3v) is 4.56. The summed E-state index contributed by atoms with van der Waals surface area (Å²) < 4.78 is 5.90. The standard InChI is InChI=1S/C20H19NO3S/c1-20(2,3)14-7-9-15(10-8-14)24-16-6-4-5-13(11-16)12-17-18(22)21-19(23)25-17/h4-12H,1-3H3,(H,21,22,23)/b17-12+. The van der Waals surface area contributed by atoms with Gasteiger partial charge in [0.05, 0.1) is 4.91 Å². The minimum absolute atomic E-state index is 0.0988. The third-order valence-electron chi connectivity index (χ3n) is 3.75. The van der Waals surface area contributed by atoms with Gasteiger partial charge in [-0.2, -0.15) is 0 Å². The summed E-state index contributed by atoms with van der Waals surface area (Å²) in [6, 6.07) is 15.4. The maximum atomic E-state index is 11.6. The van der Waals surface area contributed by atoms with Crippen LogP contribution in [0.5, 0.6) is 11.5 Å². The van der Waals surface area contributed by atoms with Crippen LogP contribution >= 0.6 is 11.8 Å². The second-order valence-electron chi connectivity index (χ2n) is 6.80. The van der Waals surface area contributed by atoms with Gasteiger partial charge in [0.25, 0.3) is 11.1 Å². The van der Waals surface area contributed by atoms with E-state index in [2.05, 4.69) is 38.2 Å². The van der Waals surface area contributed by atoms with E-state index in [0.29, 0.717) is 10.7 Å². The van der Waals surface area contributed by atoms with Gasteiger partial charge in [-0.15, -0.1) is 0 Å². The number of thioether (sulfide) groups is 1. The average Bonchev–Trinajstić information content (AvgIpc) is 2.85. The Balaban J connectivity index is 1.77. The van der Waals surface area contributed by atoms with Gasteiger partial charge in [0.2, 0.25) is 0 Å². The number of hydrogen-bond donors (Lipinski definition) is 1. The molecule has 2 amide bonds. The topological polar surface area (TPSA) is 55.4 Å². The Morgan fingerprint density at radius 3 is 2.32 bits per heavy atom. The lowest BCUT2D eigenvalue weighted by molar-refractivity contribution is -0.115. The predicted octanol–water partition coefficient (Wildman–Crippen LogP) is 5.10. The molecule has 0 bridgehead atoms. The summed E-state index contributed by atoms with van der Waals surface area (Å²) in [4.78, 5) is 23.2. The number of hydrogen-bond acceptors (Lipinski definition) is 4. The van der Waals surface area contributed by atoms with E-state index in [-0.39, 0.29) is 16.6 Å². The second kappa shape index (κ2) is 6.76. The number of benzene rings is 2. The van der Waals surface area contributed by atoms with Crippen molar-refractivity contribution in [2.24, 2.45) is 0 Å². The van der Waals surface area contributed by atoms with Crippen molar-refractivity contribution >= 4 is 29.0 Å². The first kappa shape index (κ1) is 17.3. The zero-order valence-corrected chi connectivity index (χ0v) is 15.1. The Morgan fingerprint density at radius 1 is 1.00 bits per heavy atom. The summed E-state index contributed by atoms with van der Waals surface area (Å²) in [6.07, 6.45) is 1.68. The maximum Gasteiger partial charge on any atom is 0.290 e. The van der Waals surface area contributed by atoms with Gasteiger partial charge in [-0.1, -0.05) is 45.0 Å². The van der Waals surface area contributed by atoms with E-state index in [4.69, 9.17) is 4.74 Å². The highest BCUT2D eigenvalue weighted by atomic mass is 32.2. The molecule has 1 heterocycles. The first-order valence-electron chi connectivity index (χ1n) is 7.94. The summed E-state index contributed by atoms with van der Waals surface area (Å²) in [5, 5.41) is 1.90. The van der Waals surface area contributed by atoms with Crippen LogP contribution < -0.4 is 10.1 Å². The molecule has 0 saturated carbocycles. The van der Waals surface area contributed by atoms with E-state index in [1.54, 1.807) is 6.08 Å². The van der Waals surface area contributed by atoms with Crippen molar-refractivity contribution in [2.45, 2.75) is 26.2 Å². The third kappa shape index (κ3) is 4.31. The maximum absolute atomic E-state index is 11.6. The van der Waals surface area contributed by atoms with Crippen LogP contribution in [0.2, 0.25) is 0 Å². The van der Waals surface area contributed by atoms with Crippen LogP contribution in [0.15, 0.2) is 53.4 Å². The van der Waals surface area contributed by atoms with Crippen molar-refractivity contribution in [3.63, 3.8) is 0 Å². The molecule has 1 N–H and O–H groups in total. The average molecular weight is 353 g/mol. The summed E-state index contributed by atoms with van der Waals surface area (Å²) >= 11 is 0.903. The Bertz CT molecular complexity index is 848. The Labute approximate surface area is 151 Å². The zero-order valence-electron chi connectivity index (χ0n) is 14.3. The fourth-order valence-electron chi connectivity index (χ4n) is 2.40. The van der Waals surface area contributed by atoms with Crippen LogP contribution in [0.4, 0.5) is 4.79 Å². The largest absolute Gasteiger partial charge is 0.457 e. The number of carbonyl (C=O) groups is 2. The van der Waals surface area contributed by atoms with Crippen molar-refractivity contribution in [1.82, 2.24) is 5.32 Å². The molecule has 5 heteroatoms. The molecular weight excluding hydrogens is 334 g/mol. The molecule has 1 fully saturated rings. The first-order chi connectivity index (χ1) is 11.8. The fraction of sp³-hybridized carbons (Fsp3) is 0.200. The van der Waals surface area contributed by atoms with E-state index >= 15 is 0 Å². The smallest absolute Gasteiger partial charge is 0.290 e. The van der Waals surface area contributed by atoms with E-state index in [9.17, 15) is 9.59 Å². The van der Waals surface area contributed by atoms with Gasteiger partial charge in [0, 0.05) is 0 Å². The molecule has 2 aromatic rings. The summed E-state index contributed by atoms with van der Waals surface area (Å²) in [5.41, 5.74) is 2.14. The molecule has 25 heavy (non-hydrogen) atoms. The lowest BCUT2D eigenvalue weighted by atomic mass is 9.87. The molecule has 0 spiro atoms. The predicted molar refractivity (Wildman–Crippen MR) is 101 cm³/mol. The van der Waals surface area contributed by atoms with E-state index in [1.807, 2.05) is 36.4 Å². The minimum Gasteiger partial charge on any atom is -0.457 e. The van der Waals surface area contributed by atoms with Crippen molar-refractivity contribution in [3.8, 4) is 11.5 Å². The van der Waals surface area contributed by atoms with Gasteiger partial charge >= 0.3 is 0 Å². The molecule has 3 rings (SSSR count). The number of imide groups is 1. The normalized spacial score (nSPS) is 16.2. The van der Waals surface area contributed by atoms with Crippen LogP contribution in [-0.2, 0) is 10.2 Å². The Kier molecular flexibility index (Phi) is 4.68. The summed E-state index contributed by atoms with van der Waals surface area (Å²) in [5.74, 6) is 1.06. The highest BCUT2D eigenvalue weighted by Gasteiger charge is 2.24. The Hall–Kier alpha value is -2.53. The molecule has 0 aliphatic carbocycles. The van der Waals surface area contributed by atoms with Crippen LogP contribution in [0, 0.1) is 0 Å². The molecule has 1 aliphatic rings. The van der Waals surface area contributed by atoms with Crippen molar-refractivity contribution in [2.75, 3.05) is 0 Å². The van der Waals surface area contributed by atoms with Crippen LogP contribution in [-0.4, -0.2) is 11.1 Å². The van der Waals surface area contributed by atoms with Gasteiger partial charge in [0.1, 0.15) is 11.5 Å². The molecule has 2 aromatic carbocycles.